The van der Waals surface area contributed by atoms with Gasteiger partial charge in [-0.1, -0.05) is 34.6 Å². The maximum absolute atomic E-state index is 13.3. The highest BCUT2D eigenvalue weighted by molar-refractivity contribution is 5.94. The van der Waals surface area contributed by atoms with Crippen LogP contribution in [-0.2, 0) is 9.53 Å². The van der Waals surface area contributed by atoms with E-state index in [1.54, 1.807) is 0 Å². The van der Waals surface area contributed by atoms with Gasteiger partial charge in [0, 0.05) is 6.54 Å². The molecule has 1 saturated carbocycles. The summed E-state index contributed by atoms with van der Waals surface area (Å²) in [6, 6.07) is -0.733. The van der Waals surface area contributed by atoms with E-state index >= 15 is 0 Å². The number of aliphatic imine (C=N–C) groups is 1. The fraction of sp³-hybridized carbons (Fsp3) is 0.857. The maximum Gasteiger partial charge on any atom is 0.407 e. The highest BCUT2D eigenvalue weighted by Crippen LogP contribution is 2.55. The minimum Gasteiger partial charge on any atom is -0.453 e. The van der Waals surface area contributed by atoms with E-state index in [1.807, 2.05) is 18.7 Å². The van der Waals surface area contributed by atoms with Gasteiger partial charge in [-0.15, -0.1) is 0 Å². The number of hydrogen-bond acceptors (Lipinski definition) is 4. The number of carbonyl (C=O) groups is 2. The first-order valence-corrected chi connectivity index (χ1v) is 10.5. The van der Waals surface area contributed by atoms with Crippen molar-refractivity contribution in [2.75, 3.05) is 13.7 Å². The first kappa shape index (κ1) is 22.5. The Balaban J connectivity index is 2.23. The number of nitrogens with two attached hydrogens (primary N) is 1. The van der Waals surface area contributed by atoms with E-state index < -0.39 is 12.1 Å². The SMILES string of the molecule is COC(=O)NC(C(=O)N1CC2(CC2)CC1C(N)=NC(C)[C@@H](C)C(C)C)C(C)C. The summed E-state index contributed by atoms with van der Waals surface area (Å²) in [6.07, 6.45) is 2.51. The van der Waals surface area contributed by atoms with Gasteiger partial charge in [0.2, 0.25) is 5.91 Å². The molecular formula is C21H38N4O3. The van der Waals surface area contributed by atoms with Crippen LogP contribution in [0, 0.1) is 23.2 Å². The summed E-state index contributed by atoms with van der Waals surface area (Å²) in [7, 11) is 1.30. The van der Waals surface area contributed by atoms with Gasteiger partial charge >= 0.3 is 6.09 Å². The van der Waals surface area contributed by atoms with E-state index in [4.69, 9.17) is 15.5 Å². The highest BCUT2D eigenvalue weighted by Gasteiger charge is 2.55. The number of alkyl carbamates (subject to hydrolysis) is 1. The van der Waals surface area contributed by atoms with Crippen LogP contribution in [0.15, 0.2) is 4.99 Å². The second-order valence-electron chi connectivity index (χ2n) is 9.44. The summed E-state index contributed by atoms with van der Waals surface area (Å²) >= 11 is 0. The van der Waals surface area contributed by atoms with Gasteiger partial charge in [0.25, 0.3) is 0 Å². The molecule has 2 aliphatic rings. The molecule has 2 amide bonds. The lowest BCUT2D eigenvalue weighted by Crippen LogP contribution is -2.55. The Bertz CT molecular complexity index is 613. The van der Waals surface area contributed by atoms with Gasteiger partial charge in [-0.2, -0.15) is 0 Å². The molecule has 0 aromatic heterocycles. The summed E-state index contributed by atoms with van der Waals surface area (Å²) in [5, 5.41) is 2.69. The maximum atomic E-state index is 13.3. The van der Waals surface area contributed by atoms with Crippen LogP contribution < -0.4 is 11.1 Å². The number of methoxy groups -OCH3 is 1. The normalized spacial score (nSPS) is 24.4. The molecule has 160 valence electrons. The van der Waals surface area contributed by atoms with Crippen LogP contribution in [0.4, 0.5) is 4.79 Å². The van der Waals surface area contributed by atoms with Crippen molar-refractivity contribution >= 4 is 17.8 Å². The molecule has 0 aromatic carbocycles. The summed E-state index contributed by atoms with van der Waals surface area (Å²) in [5.41, 5.74) is 6.62. The quantitative estimate of drug-likeness (QED) is 0.512. The van der Waals surface area contributed by atoms with Gasteiger partial charge in [0.05, 0.1) is 19.2 Å². The molecule has 4 atom stereocenters. The van der Waals surface area contributed by atoms with Gasteiger partial charge in [-0.05, 0) is 49.4 Å². The van der Waals surface area contributed by atoms with Crippen LogP contribution in [0.1, 0.15) is 60.8 Å². The molecule has 0 bridgehead atoms. The molecule has 2 rings (SSSR count). The zero-order valence-corrected chi connectivity index (χ0v) is 18.5. The monoisotopic (exact) mass is 394 g/mol. The van der Waals surface area contributed by atoms with Crippen LogP contribution in [0.25, 0.3) is 0 Å². The Hall–Kier alpha value is -1.79. The average Bonchev–Trinajstić information content (AvgIpc) is 3.27. The van der Waals surface area contributed by atoms with E-state index in [0.29, 0.717) is 24.2 Å². The fourth-order valence-electron chi connectivity index (χ4n) is 3.97. The predicted molar refractivity (Wildman–Crippen MR) is 111 cm³/mol. The Morgan fingerprint density at radius 2 is 1.75 bits per heavy atom. The fourth-order valence-corrected chi connectivity index (χ4v) is 3.97. The van der Waals surface area contributed by atoms with Gasteiger partial charge in [0.1, 0.15) is 11.9 Å². The highest BCUT2D eigenvalue weighted by atomic mass is 16.5. The van der Waals surface area contributed by atoms with Crippen molar-refractivity contribution in [2.24, 2.45) is 33.9 Å². The van der Waals surface area contributed by atoms with Crippen molar-refractivity contribution in [1.29, 1.82) is 0 Å². The van der Waals surface area contributed by atoms with Crippen LogP contribution in [0.5, 0.6) is 0 Å². The number of nitrogens with zero attached hydrogens (tertiary/aromatic N) is 2. The van der Waals surface area contributed by atoms with E-state index in [9.17, 15) is 9.59 Å². The number of hydrogen-bond donors (Lipinski definition) is 2. The second-order valence-corrected chi connectivity index (χ2v) is 9.44. The summed E-state index contributed by atoms with van der Waals surface area (Å²) < 4.78 is 4.70. The number of amides is 2. The smallest absolute Gasteiger partial charge is 0.407 e. The van der Waals surface area contributed by atoms with Crippen molar-refractivity contribution in [3.8, 4) is 0 Å². The Labute approximate surface area is 169 Å². The first-order valence-electron chi connectivity index (χ1n) is 10.5. The van der Waals surface area contributed by atoms with Crippen molar-refractivity contribution in [3.63, 3.8) is 0 Å². The largest absolute Gasteiger partial charge is 0.453 e. The second kappa shape index (κ2) is 8.70. The van der Waals surface area contributed by atoms with Crippen molar-refractivity contribution < 1.29 is 14.3 Å². The van der Waals surface area contributed by atoms with E-state index in [-0.39, 0.29) is 29.3 Å². The zero-order chi connectivity index (χ0) is 21.2. The number of carbonyl (C=O) groups excluding carboxylic acids is 2. The lowest BCUT2D eigenvalue weighted by atomic mass is 9.91. The minimum atomic E-state index is -0.635. The molecule has 2 fully saturated rings. The molecule has 1 aliphatic heterocycles. The van der Waals surface area contributed by atoms with Gasteiger partial charge in [0.15, 0.2) is 0 Å². The molecular weight excluding hydrogens is 356 g/mol. The topological polar surface area (TPSA) is 97.0 Å². The van der Waals surface area contributed by atoms with Gasteiger partial charge in [-0.3, -0.25) is 9.79 Å². The molecule has 3 N–H and O–H groups in total. The van der Waals surface area contributed by atoms with Crippen LogP contribution >= 0.6 is 0 Å². The summed E-state index contributed by atoms with van der Waals surface area (Å²) in [4.78, 5) is 31.7. The van der Waals surface area contributed by atoms with Crippen LogP contribution in [0.3, 0.4) is 0 Å². The number of rotatable bonds is 7. The third-order valence-electron chi connectivity index (χ3n) is 6.65. The van der Waals surface area contributed by atoms with Gasteiger partial charge in [-0.25, -0.2) is 4.79 Å². The first-order chi connectivity index (χ1) is 13.0. The predicted octanol–water partition coefficient (Wildman–Crippen LogP) is 2.79. The average molecular weight is 395 g/mol. The summed E-state index contributed by atoms with van der Waals surface area (Å²) in [5.74, 6) is 1.30. The lowest BCUT2D eigenvalue weighted by Gasteiger charge is -2.31. The Morgan fingerprint density at radius 3 is 2.21 bits per heavy atom. The summed E-state index contributed by atoms with van der Waals surface area (Å²) in [6.45, 7) is 13.2. The van der Waals surface area contributed by atoms with Crippen molar-refractivity contribution in [2.45, 2.75) is 78.9 Å². The number of likely N-dealkylation sites (tertiary alicyclic amines) is 1. The Morgan fingerprint density at radius 1 is 1.14 bits per heavy atom. The third kappa shape index (κ3) is 4.97. The molecule has 0 aromatic rings. The van der Waals surface area contributed by atoms with E-state index in [1.165, 1.54) is 7.11 Å². The lowest BCUT2D eigenvalue weighted by molar-refractivity contribution is -0.134. The van der Waals surface area contributed by atoms with Crippen LogP contribution in [-0.4, -0.2) is 54.5 Å². The van der Waals surface area contributed by atoms with Crippen LogP contribution in [0.2, 0.25) is 0 Å². The molecule has 1 aliphatic carbocycles. The molecule has 7 nitrogen and oxygen atoms in total. The molecule has 3 unspecified atom stereocenters. The molecule has 0 radical (unpaired) electrons. The molecule has 1 spiro atoms. The standard InChI is InChI=1S/C21H38N4O3/c1-12(2)14(5)15(6)23-18(22)16-10-21(8-9-21)11-25(16)19(26)17(13(3)4)24-20(27)28-7/h12-17H,8-11H2,1-7H3,(H2,22,23)(H,24,27)/t14-,15?,16?,17?/m0/s1. The Kier molecular flexibility index (Phi) is 6.99. The zero-order valence-electron chi connectivity index (χ0n) is 18.5. The van der Waals surface area contributed by atoms with Crippen molar-refractivity contribution in [3.05, 3.63) is 0 Å². The number of nitrogens with one attached hydrogen (secondary N) is 1. The van der Waals surface area contributed by atoms with Crippen molar-refractivity contribution in [1.82, 2.24) is 10.2 Å². The minimum absolute atomic E-state index is 0.0546. The van der Waals surface area contributed by atoms with E-state index in [2.05, 4.69) is 33.0 Å². The molecule has 1 saturated heterocycles. The number of amidine groups is 1. The third-order valence-corrected chi connectivity index (χ3v) is 6.65. The molecule has 7 heteroatoms. The molecule has 28 heavy (non-hydrogen) atoms. The molecule has 1 heterocycles. The van der Waals surface area contributed by atoms with Gasteiger partial charge < -0.3 is 20.7 Å². The number of ether oxygens (including phenoxy) is 1. The van der Waals surface area contributed by atoms with E-state index in [0.717, 1.165) is 19.3 Å².